The summed E-state index contributed by atoms with van der Waals surface area (Å²) >= 11 is 0. The van der Waals surface area contributed by atoms with Crippen molar-refractivity contribution in [3.8, 4) is 0 Å². The number of carboxylic acid groups (broad SMARTS) is 1. The monoisotopic (exact) mass is 466 g/mol. The SMILES string of the molecule is O=C(O)c1ccn(C(=O)N2CCC(OCc3cc(N4CCCC4)cc(C(F)(F)F)c3)CC2)n1. The van der Waals surface area contributed by atoms with Crippen molar-refractivity contribution in [2.45, 2.75) is 44.6 Å². The number of likely N-dealkylation sites (tertiary alicyclic amines) is 1. The van der Waals surface area contributed by atoms with Crippen LogP contribution in [0.5, 0.6) is 0 Å². The van der Waals surface area contributed by atoms with Gasteiger partial charge in [-0.1, -0.05) is 0 Å². The van der Waals surface area contributed by atoms with Crippen molar-refractivity contribution >= 4 is 17.7 Å². The molecular weight excluding hydrogens is 441 g/mol. The topological polar surface area (TPSA) is 87.9 Å². The molecule has 8 nitrogen and oxygen atoms in total. The summed E-state index contributed by atoms with van der Waals surface area (Å²) in [6.45, 7) is 2.32. The van der Waals surface area contributed by atoms with Gasteiger partial charge in [-0.25, -0.2) is 9.59 Å². The Hall–Kier alpha value is -3.08. The van der Waals surface area contributed by atoms with Crippen molar-refractivity contribution < 1.29 is 32.6 Å². The predicted molar refractivity (Wildman–Crippen MR) is 112 cm³/mol. The number of rotatable bonds is 5. The summed E-state index contributed by atoms with van der Waals surface area (Å²) in [5.74, 6) is -1.21. The van der Waals surface area contributed by atoms with Crippen LogP contribution in [-0.4, -0.2) is 64.1 Å². The summed E-state index contributed by atoms with van der Waals surface area (Å²) in [5.41, 5.74) is 0.158. The van der Waals surface area contributed by atoms with Crippen LogP contribution in [0.25, 0.3) is 0 Å². The number of halogens is 3. The van der Waals surface area contributed by atoms with Gasteiger partial charge in [-0.2, -0.15) is 23.0 Å². The van der Waals surface area contributed by atoms with E-state index in [1.165, 1.54) is 18.3 Å². The minimum Gasteiger partial charge on any atom is -0.476 e. The van der Waals surface area contributed by atoms with Crippen molar-refractivity contribution in [2.75, 3.05) is 31.1 Å². The smallest absolute Gasteiger partial charge is 0.416 e. The number of aromatic carboxylic acids is 1. The zero-order valence-electron chi connectivity index (χ0n) is 17.9. The zero-order valence-corrected chi connectivity index (χ0v) is 17.9. The average molecular weight is 466 g/mol. The van der Waals surface area contributed by atoms with Crippen LogP contribution in [0.1, 0.15) is 47.3 Å². The Bertz CT molecular complexity index is 1010. The zero-order chi connectivity index (χ0) is 23.6. The number of hydrogen-bond donors (Lipinski definition) is 1. The third-order valence-corrected chi connectivity index (χ3v) is 5.98. The number of piperidine rings is 1. The average Bonchev–Trinajstić information content (AvgIpc) is 3.49. The largest absolute Gasteiger partial charge is 0.476 e. The quantitative estimate of drug-likeness (QED) is 0.720. The molecule has 2 aromatic rings. The van der Waals surface area contributed by atoms with Gasteiger partial charge in [0.1, 0.15) is 0 Å². The number of anilines is 1. The van der Waals surface area contributed by atoms with Gasteiger partial charge in [0.15, 0.2) is 5.69 Å². The van der Waals surface area contributed by atoms with E-state index in [-0.39, 0.29) is 18.4 Å². The normalized spacial score (nSPS) is 17.5. The fourth-order valence-corrected chi connectivity index (χ4v) is 4.20. The number of nitrogens with zero attached hydrogens (tertiary/aromatic N) is 4. The van der Waals surface area contributed by atoms with Gasteiger partial charge in [0.25, 0.3) is 0 Å². The number of carbonyl (C=O) groups excluding carboxylic acids is 1. The van der Waals surface area contributed by atoms with Crippen LogP contribution in [0.15, 0.2) is 30.5 Å². The van der Waals surface area contributed by atoms with Gasteiger partial charge in [-0.05, 0) is 55.5 Å². The van der Waals surface area contributed by atoms with E-state index < -0.39 is 23.7 Å². The highest BCUT2D eigenvalue weighted by atomic mass is 19.4. The molecule has 11 heteroatoms. The number of alkyl halides is 3. The van der Waals surface area contributed by atoms with Crippen molar-refractivity contribution in [1.82, 2.24) is 14.7 Å². The molecule has 1 amide bonds. The maximum atomic E-state index is 13.4. The van der Waals surface area contributed by atoms with Crippen molar-refractivity contribution in [3.05, 3.63) is 47.3 Å². The van der Waals surface area contributed by atoms with E-state index >= 15 is 0 Å². The lowest BCUT2D eigenvalue weighted by Gasteiger charge is -2.31. The van der Waals surface area contributed by atoms with Gasteiger partial charge in [-0.15, -0.1) is 0 Å². The minimum atomic E-state index is -4.43. The van der Waals surface area contributed by atoms with E-state index in [1.807, 2.05) is 4.90 Å². The first-order chi connectivity index (χ1) is 15.7. The summed E-state index contributed by atoms with van der Waals surface area (Å²) in [6, 6.07) is 4.92. The van der Waals surface area contributed by atoms with E-state index in [2.05, 4.69) is 5.10 Å². The number of ether oxygens (including phenoxy) is 1. The van der Waals surface area contributed by atoms with Crippen molar-refractivity contribution in [1.29, 1.82) is 0 Å². The number of carbonyl (C=O) groups is 2. The molecule has 0 bridgehead atoms. The molecule has 0 radical (unpaired) electrons. The summed E-state index contributed by atoms with van der Waals surface area (Å²) in [5, 5.41) is 12.7. The molecule has 0 spiro atoms. The first kappa shape index (κ1) is 23.1. The molecule has 3 heterocycles. The molecule has 0 atom stereocenters. The van der Waals surface area contributed by atoms with Gasteiger partial charge >= 0.3 is 18.2 Å². The number of amides is 1. The summed E-state index contributed by atoms with van der Waals surface area (Å²) < 4.78 is 47.1. The lowest BCUT2D eigenvalue weighted by molar-refractivity contribution is -0.137. The summed E-state index contributed by atoms with van der Waals surface area (Å²) in [6.07, 6.45) is -0.326. The lowest BCUT2D eigenvalue weighted by atomic mass is 10.1. The van der Waals surface area contributed by atoms with Gasteiger partial charge in [0.05, 0.1) is 18.3 Å². The Kier molecular flexibility index (Phi) is 6.59. The van der Waals surface area contributed by atoms with Gasteiger partial charge in [-0.3, -0.25) is 0 Å². The van der Waals surface area contributed by atoms with Crippen molar-refractivity contribution in [2.24, 2.45) is 0 Å². The van der Waals surface area contributed by atoms with Gasteiger partial charge in [0.2, 0.25) is 0 Å². The fourth-order valence-electron chi connectivity index (χ4n) is 4.20. The molecule has 2 saturated heterocycles. The highest BCUT2D eigenvalue weighted by molar-refractivity contribution is 5.86. The second-order valence-electron chi connectivity index (χ2n) is 8.31. The van der Waals surface area contributed by atoms with Crippen LogP contribution in [0.4, 0.5) is 23.7 Å². The first-order valence-corrected chi connectivity index (χ1v) is 10.9. The van der Waals surface area contributed by atoms with E-state index in [1.54, 1.807) is 11.0 Å². The second kappa shape index (κ2) is 9.42. The Morgan fingerprint density at radius 2 is 1.79 bits per heavy atom. The number of benzene rings is 1. The molecule has 178 valence electrons. The standard InChI is InChI=1S/C22H25F3N4O4/c23-22(24,25)16-11-15(12-17(13-16)27-6-1-2-7-27)14-33-18-3-8-28(9-4-18)21(32)29-10-5-19(26-29)20(30)31/h5,10-13,18H,1-4,6-9,14H2,(H,30,31). The summed E-state index contributed by atoms with van der Waals surface area (Å²) in [7, 11) is 0. The second-order valence-corrected chi connectivity index (χ2v) is 8.31. The van der Waals surface area contributed by atoms with E-state index in [0.29, 0.717) is 37.2 Å². The highest BCUT2D eigenvalue weighted by Gasteiger charge is 2.32. The molecule has 0 unspecified atom stereocenters. The molecule has 1 aromatic carbocycles. The number of aromatic nitrogens is 2. The maximum absolute atomic E-state index is 13.4. The molecule has 1 N–H and O–H groups in total. The van der Waals surface area contributed by atoms with Crippen LogP contribution in [-0.2, 0) is 17.5 Å². The molecule has 2 aliphatic heterocycles. The molecule has 2 fully saturated rings. The van der Waals surface area contributed by atoms with E-state index in [9.17, 15) is 22.8 Å². The predicted octanol–water partition coefficient (Wildman–Crippen LogP) is 3.85. The van der Waals surface area contributed by atoms with E-state index in [4.69, 9.17) is 9.84 Å². The molecule has 2 aliphatic rings. The van der Waals surface area contributed by atoms with Crippen LogP contribution >= 0.6 is 0 Å². The Morgan fingerprint density at radius 3 is 2.39 bits per heavy atom. The Labute approximate surface area is 188 Å². The molecular formula is C22H25F3N4O4. The molecule has 0 aliphatic carbocycles. The Morgan fingerprint density at radius 1 is 1.09 bits per heavy atom. The molecule has 0 saturated carbocycles. The molecule has 4 rings (SSSR count). The van der Waals surface area contributed by atoms with Crippen LogP contribution in [0.2, 0.25) is 0 Å². The summed E-state index contributed by atoms with van der Waals surface area (Å²) in [4.78, 5) is 26.9. The number of hydrogen-bond acceptors (Lipinski definition) is 5. The number of carboxylic acids is 1. The van der Waals surface area contributed by atoms with Crippen molar-refractivity contribution in [3.63, 3.8) is 0 Å². The lowest BCUT2D eigenvalue weighted by Crippen LogP contribution is -2.43. The van der Waals surface area contributed by atoms with Crippen LogP contribution < -0.4 is 4.90 Å². The third-order valence-electron chi connectivity index (χ3n) is 5.98. The minimum absolute atomic E-state index is 0.0600. The van der Waals surface area contributed by atoms with E-state index in [0.717, 1.165) is 36.7 Å². The van der Waals surface area contributed by atoms with Gasteiger partial charge < -0.3 is 19.6 Å². The van der Waals surface area contributed by atoms with Crippen LogP contribution in [0, 0.1) is 0 Å². The molecule has 1 aromatic heterocycles. The highest BCUT2D eigenvalue weighted by Crippen LogP contribution is 2.34. The molecule has 33 heavy (non-hydrogen) atoms. The maximum Gasteiger partial charge on any atom is 0.416 e. The van der Waals surface area contributed by atoms with Gasteiger partial charge in [0, 0.05) is 38.1 Å². The van der Waals surface area contributed by atoms with Crippen LogP contribution in [0.3, 0.4) is 0 Å². The first-order valence-electron chi connectivity index (χ1n) is 10.9. The fraction of sp³-hybridized carbons (Fsp3) is 0.500. The Balaban J connectivity index is 1.35. The third kappa shape index (κ3) is 5.47.